The van der Waals surface area contributed by atoms with E-state index in [9.17, 15) is 4.79 Å². The molecule has 158 valence electrons. The molecule has 0 atom stereocenters. The van der Waals surface area contributed by atoms with Crippen LogP contribution in [0.5, 0.6) is 5.75 Å². The molecule has 0 aliphatic heterocycles. The molecule has 0 saturated heterocycles. The highest BCUT2D eigenvalue weighted by atomic mass is 32.2. The lowest BCUT2D eigenvalue weighted by atomic mass is 10.1. The summed E-state index contributed by atoms with van der Waals surface area (Å²) < 4.78 is 6.45. The second kappa shape index (κ2) is 8.92. The van der Waals surface area contributed by atoms with Crippen LogP contribution in [0.4, 0.5) is 5.69 Å². The molecule has 0 fully saturated rings. The van der Waals surface area contributed by atoms with Gasteiger partial charge in [0.05, 0.1) is 18.6 Å². The van der Waals surface area contributed by atoms with Gasteiger partial charge in [0.25, 0.3) is 0 Å². The number of thioether (sulfide) groups is 1. The van der Waals surface area contributed by atoms with Gasteiger partial charge in [-0.1, -0.05) is 41.6 Å². The van der Waals surface area contributed by atoms with Crippen LogP contribution in [0.3, 0.4) is 0 Å². The van der Waals surface area contributed by atoms with Crippen LogP contribution in [0.25, 0.3) is 22.8 Å². The maximum Gasteiger partial charge on any atom is 0.234 e. The Labute approximate surface area is 183 Å². The van der Waals surface area contributed by atoms with Gasteiger partial charge < -0.3 is 15.9 Å². The summed E-state index contributed by atoms with van der Waals surface area (Å²) in [4.78, 5) is 12.2. The molecule has 0 aliphatic carbocycles. The smallest absolute Gasteiger partial charge is 0.234 e. The number of carbonyl (C=O) groups is 1. The zero-order valence-corrected chi connectivity index (χ0v) is 17.8. The average molecular weight is 436 g/mol. The van der Waals surface area contributed by atoms with Crippen LogP contribution in [0.2, 0.25) is 0 Å². The van der Waals surface area contributed by atoms with Gasteiger partial charge in [-0.2, -0.15) is 5.10 Å². The molecule has 4 rings (SSSR count). The van der Waals surface area contributed by atoms with E-state index < -0.39 is 0 Å². The van der Waals surface area contributed by atoms with Crippen molar-refractivity contribution < 1.29 is 9.53 Å². The topological polar surface area (TPSA) is 124 Å². The van der Waals surface area contributed by atoms with Crippen molar-refractivity contribution in [2.75, 3.05) is 24.0 Å². The second-order valence-corrected chi connectivity index (χ2v) is 7.72. The van der Waals surface area contributed by atoms with Crippen molar-refractivity contribution in [3.63, 3.8) is 0 Å². The summed E-state index contributed by atoms with van der Waals surface area (Å²) in [5.74, 6) is 7.27. The fourth-order valence-corrected chi connectivity index (χ4v) is 3.53. The Morgan fingerprint density at radius 2 is 1.90 bits per heavy atom. The number of aromatic amines is 1. The molecule has 2 heterocycles. The number of hydrogen-bond donors (Lipinski definition) is 3. The SMILES string of the molecule is COc1ccc(NC(=O)CSc2nnc(-c3cc(-c4ccc(C)cc4)n[nH]3)n2N)cc1. The second-order valence-electron chi connectivity index (χ2n) is 6.77. The van der Waals surface area contributed by atoms with Crippen LogP contribution < -0.4 is 15.9 Å². The van der Waals surface area contributed by atoms with Crippen molar-refractivity contribution in [1.29, 1.82) is 0 Å². The number of carbonyl (C=O) groups excluding carboxylic acids is 1. The predicted molar refractivity (Wildman–Crippen MR) is 120 cm³/mol. The Morgan fingerprint density at radius 1 is 1.16 bits per heavy atom. The maximum atomic E-state index is 12.2. The molecule has 9 nitrogen and oxygen atoms in total. The first-order chi connectivity index (χ1) is 15.0. The Kier molecular flexibility index (Phi) is 5.89. The Hall–Kier alpha value is -3.79. The third kappa shape index (κ3) is 4.69. The third-order valence-electron chi connectivity index (χ3n) is 4.54. The Balaban J connectivity index is 1.40. The normalized spacial score (nSPS) is 10.8. The van der Waals surface area contributed by atoms with Crippen LogP contribution in [-0.4, -0.2) is 43.8 Å². The number of nitrogens with one attached hydrogen (secondary N) is 2. The highest BCUT2D eigenvalue weighted by Gasteiger charge is 2.16. The zero-order chi connectivity index (χ0) is 21.8. The first-order valence-corrected chi connectivity index (χ1v) is 10.4. The summed E-state index contributed by atoms with van der Waals surface area (Å²) in [6.07, 6.45) is 0. The molecular weight excluding hydrogens is 414 g/mol. The number of nitrogens with zero attached hydrogens (tertiary/aromatic N) is 4. The number of H-pyrrole nitrogens is 1. The number of amides is 1. The van der Waals surface area contributed by atoms with Crippen LogP contribution in [0.15, 0.2) is 59.8 Å². The average Bonchev–Trinajstić information content (AvgIpc) is 3.40. The summed E-state index contributed by atoms with van der Waals surface area (Å²) >= 11 is 1.20. The lowest BCUT2D eigenvalue weighted by Crippen LogP contribution is -2.16. The Bertz CT molecular complexity index is 1180. The van der Waals surface area contributed by atoms with E-state index in [1.807, 2.05) is 37.3 Å². The number of anilines is 1. The number of methoxy groups -OCH3 is 1. The lowest BCUT2D eigenvalue weighted by molar-refractivity contribution is -0.113. The molecule has 1 amide bonds. The fourth-order valence-electron chi connectivity index (χ4n) is 2.87. The molecule has 0 unspecified atom stereocenters. The highest BCUT2D eigenvalue weighted by Crippen LogP contribution is 2.25. The van der Waals surface area contributed by atoms with Crippen molar-refractivity contribution in [2.24, 2.45) is 0 Å². The molecule has 31 heavy (non-hydrogen) atoms. The third-order valence-corrected chi connectivity index (χ3v) is 5.48. The van der Waals surface area contributed by atoms with Crippen molar-refractivity contribution in [2.45, 2.75) is 12.1 Å². The molecule has 4 aromatic rings. The zero-order valence-electron chi connectivity index (χ0n) is 17.0. The molecular formula is C21H21N7O2S. The molecule has 4 N–H and O–H groups in total. The van der Waals surface area contributed by atoms with E-state index in [1.165, 1.54) is 22.0 Å². The summed E-state index contributed by atoms with van der Waals surface area (Å²) in [5, 5.41) is 18.8. The number of nitrogens with two attached hydrogens (primary N) is 1. The molecule has 2 aromatic heterocycles. The summed E-state index contributed by atoms with van der Waals surface area (Å²) in [6.45, 7) is 2.03. The van der Waals surface area contributed by atoms with E-state index in [1.54, 1.807) is 31.4 Å². The van der Waals surface area contributed by atoms with Gasteiger partial charge in [0, 0.05) is 11.3 Å². The van der Waals surface area contributed by atoms with Crippen LogP contribution in [0, 0.1) is 6.92 Å². The first kappa shape index (κ1) is 20.5. The minimum Gasteiger partial charge on any atom is -0.497 e. The van der Waals surface area contributed by atoms with Crippen molar-refractivity contribution >= 4 is 23.4 Å². The van der Waals surface area contributed by atoms with E-state index in [-0.39, 0.29) is 11.7 Å². The van der Waals surface area contributed by atoms with E-state index in [0.717, 1.165) is 17.0 Å². The maximum absolute atomic E-state index is 12.2. The minimum absolute atomic E-state index is 0.138. The summed E-state index contributed by atoms with van der Waals surface area (Å²) in [7, 11) is 1.59. The molecule has 0 saturated carbocycles. The molecule has 0 radical (unpaired) electrons. The number of hydrogen-bond acceptors (Lipinski definition) is 7. The number of aryl methyl sites for hydroxylation is 1. The molecule has 0 bridgehead atoms. The van der Waals surface area contributed by atoms with Crippen molar-refractivity contribution in [3.05, 3.63) is 60.2 Å². The quantitative estimate of drug-likeness (QED) is 0.301. The number of nitrogen functional groups attached to an aromatic ring is 1. The van der Waals surface area contributed by atoms with Crippen LogP contribution in [-0.2, 0) is 4.79 Å². The number of aromatic nitrogens is 5. The molecule has 10 heteroatoms. The van der Waals surface area contributed by atoms with Gasteiger partial charge in [-0.3, -0.25) is 9.89 Å². The molecule has 0 spiro atoms. The van der Waals surface area contributed by atoms with E-state index in [2.05, 4.69) is 25.7 Å². The molecule has 0 aliphatic rings. The lowest BCUT2D eigenvalue weighted by Gasteiger charge is -2.06. The van der Waals surface area contributed by atoms with E-state index >= 15 is 0 Å². The summed E-state index contributed by atoms with van der Waals surface area (Å²) in [6, 6.07) is 17.0. The standard InChI is InChI=1S/C21H21N7O2S/c1-13-3-5-14(6-4-13)17-11-18(25-24-17)20-26-27-21(28(20)22)31-12-19(29)23-15-7-9-16(30-2)10-8-15/h3-11H,12,22H2,1-2H3,(H,23,29)(H,24,25). The Morgan fingerprint density at radius 3 is 2.61 bits per heavy atom. The van der Waals surface area contributed by atoms with Crippen molar-refractivity contribution in [3.8, 4) is 28.5 Å². The number of rotatable bonds is 7. The largest absolute Gasteiger partial charge is 0.497 e. The minimum atomic E-state index is -0.178. The first-order valence-electron chi connectivity index (χ1n) is 9.43. The van der Waals surface area contributed by atoms with E-state index in [4.69, 9.17) is 10.6 Å². The van der Waals surface area contributed by atoms with Crippen LogP contribution >= 0.6 is 11.8 Å². The summed E-state index contributed by atoms with van der Waals surface area (Å²) in [5.41, 5.74) is 4.27. The predicted octanol–water partition coefficient (Wildman–Crippen LogP) is 3.10. The fraction of sp³-hybridized carbons (Fsp3) is 0.143. The van der Waals surface area contributed by atoms with Crippen LogP contribution in [0.1, 0.15) is 5.56 Å². The van der Waals surface area contributed by atoms with Gasteiger partial charge in [0.1, 0.15) is 11.4 Å². The van der Waals surface area contributed by atoms with Gasteiger partial charge in [0.2, 0.25) is 16.9 Å². The monoisotopic (exact) mass is 435 g/mol. The number of benzene rings is 2. The van der Waals surface area contributed by atoms with Gasteiger partial charge in [-0.15, -0.1) is 10.2 Å². The number of ether oxygens (including phenoxy) is 1. The molecule has 2 aromatic carbocycles. The van der Waals surface area contributed by atoms with Gasteiger partial charge in [-0.25, -0.2) is 4.68 Å². The van der Waals surface area contributed by atoms with E-state index in [0.29, 0.717) is 22.4 Å². The van der Waals surface area contributed by atoms with Crippen molar-refractivity contribution in [1.82, 2.24) is 25.1 Å². The van der Waals surface area contributed by atoms with Gasteiger partial charge >= 0.3 is 0 Å². The van der Waals surface area contributed by atoms with Gasteiger partial charge in [0.15, 0.2) is 0 Å². The highest BCUT2D eigenvalue weighted by molar-refractivity contribution is 7.99. The van der Waals surface area contributed by atoms with Gasteiger partial charge in [-0.05, 0) is 37.3 Å².